The van der Waals surface area contributed by atoms with Crippen LogP contribution in [0.3, 0.4) is 0 Å². The van der Waals surface area contributed by atoms with E-state index in [0.717, 1.165) is 17.2 Å². The zero-order valence-electron chi connectivity index (χ0n) is 21.7. The first-order chi connectivity index (χ1) is 16.3. The molecule has 4 rings (SSSR count). The molecule has 6 heteroatoms. The Labute approximate surface area is 207 Å². The monoisotopic (exact) mass is 484 g/mol. The van der Waals surface area contributed by atoms with Crippen LogP contribution in [0, 0.1) is 36.3 Å². The van der Waals surface area contributed by atoms with Crippen molar-refractivity contribution in [2.75, 3.05) is 26.2 Å². The average molecular weight is 485 g/mol. The quantitative estimate of drug-likeness (QED) is 0.660. The first-order valence-electron chi connectivity index (χ1n) is 12.6. The zero-order valence-corrected chi connectivity index (χ0v) is 21.7. The maximum Gasteiger partial charge on any atom is 0.227 e. The summed E-state index contributed by atoms with van der Waals surface area (Å²) in [5, 5.41) is 11.7. The number of aliphatic hydroxyl groups is 1. The van der Waals surface area contributed by atoms with Crippen molar-refractivity contribution >= 4 is 5.91 Å². The molecule has 190 valence electrons. The molecule has 5 atom stereocenters. The number of aryl methyl sites for hydroxylation is 1. The first kappa shape index (κ1) is 25.8. The third-order valence-corrected chi connectivity index (χ3v) is 8.26. The fourth-order valence-corrected chi connectivity index (χ4v) is 6.02. The summed E-state index contributed by atoms with van der Waals surface area (Å²) in [6.45, 7) is 14.2. The molecule has 1 amide bonds. The van der Waals surface area contributed by atoms with Crippen molar-refractivity contribution in [1.29, 1.82) is 0 Å². The van der Waals surface area contributed by atoms with Gasteiger partial charge in [0.15, 0.2) is 0 Å². The second-order valence-corrected chi connectivity index (χ2v) is 11.7. The third-order valence-electron chi connectivity index (χ3n) is 8.26. The van der Waals surface area contributed by atoms with E-state index in [9.17, 15) is 18.7 Å². The van der Waals surface area contributed by atoms with Gasteiger partial charge in [0, 0.05) is 55.5 Å². The Morgan fingerprint density at radius 3 is 2.11 bits per heavy atom. The minimum Gasteiger partial charge on any atom is -0.384 e. The molecule has 0 aliphatic carbocycles. The van der Waals surface area contributed by atoms with E-state index in [-0.39, 0.29) is 29.2 Å². The van der Waals surface area contributed by atoms with Crippen molar-refractivity contribution in [3.63, 3.8) is 0 Å². The van der Waals surface area contributed by atoms with Crippen molar-refractivity contribution in [1.82, 2.24) is 9.80 Å². The van der Waals surface area contributed by atoms with E-state index in [1.807, 2.05) is 49.9 Å². The smallest absolute Gasteiger partial charge is 0.227 e. The fourth-order valence-electron chi connectivity index (χ4n) is 6.02. The maximum atomic E-state index is 14.8. The Morgan fingerprint density at radius 2 is 1.57 bits per heavy atom. The highest BCUT2D eigenvalue weighted by atomic mass is 19.1. The number of amides is 1. The second-order valence-electron chi connectivity index (χ2n) is 11.7. The van der Waals surface area contributed by atoms with E-state index in [2.05, 4.69) is 25.7 Å². The summed E-state index contributed by atoms with van der Waals surface area (Å²) in [4.78, 5) is 18.0. The Hall–Kier alpha value is -2.31. The molecule has 35 heavy (non-hydrogen) atoms. The lowest BCUT2D eigenvalue weighted by Crippen LogP contribution is -2.57. The number of hydrogen-bond donors (Lipinski definition) is 1. The standard InChI is InChI=1S/C29H38F2N2O2/c1-18-7-9-21(10-8-18)29(35)19(2)14-32(15-20(29)3)27(34)25-17-33(28(4,5)6)16-24(25)23-12-11-22(30)13-26(23)31/h7-13,19-20,24-25,35H,14-17H2,1-6H3/t19-,20+,24-,25?,29?/m0/s1. The van der Waals surface area contributed by atoms with E-state index in [1.54, 1.807) is 0 Å². The van der Waals surface area contributed by atoms with Crippen LogP contribution in [0.1, 0.15) is 57.2 Å². The Bertz CT molecular complexity index is 1070. The summed E-state index contributed by atoms with van der Waals surface area (Å²) in [6.07, 6.45) is 0. The highest BCUT2D eigenvalue weighted by Gasteiger charge is 2.50. The number of benzene rings is 2. The van der Waals surface area contributed by atoms with Crippen molar-refractivity contribution in [3.8, 4) is 0 Å². The molecule has 0 saturated carbocycles. The van der Waals surface area contributed by atoms with Gasteiger partial charge in [0.1, 0.15) is 11.6 Å². The second kappa shape index (κ2) is 9.29. The topological polar surface area (TPSA) is 43.8 Å². The van der Waals surface area contributed by atoms with Crippen molar-refractivity contribution in [3.05, 3.63) is 70.8 Å². The fraction of sp³-hybridized carbons (Fsp3) is 0.552. The minimum absolute atomic E-state index is 0.0184. The molecule has 0 spiro atoms. The number of likely N-dealkylation sites (tertiary alicyclic amines) is 2. The molecule has 2 aromatic carbocycles. The number of nitrogens with zero attached hydrogens (tertiary/aromatic N) is 2. The van der Waals surface area contributed by atoms with Gasteiger partial charge < -0.3 is 10.0 Å². The van der Waals surface area contributed by atoms with Crippen LogP contribution in [0.25, 0.3) is 0 Å². The zero-order chi connectivity index (χ0) is 25.7. The number of halogens is 2. The predicted octanol–water partition coefficient (Wildman–Crippen LogP) is 5.09. The van der Waals surface area contributed by atoms with Crippen LogP contribution in [0.15, 0.2) is 42.5 Å². The number of piperidine rings is 1. The number of hydrogen-bond acceptors (Lipinski definition) is 3. The van der Waals surface area contributed by atoms with Crippen LogP contribution in [0.4, 0.5) is 8.78 Å². The third kappa shape index (κ3) is 4.75. The highest BCUT2D eigenvalue weighted by molar-refractivity contribution is 5.81. The van der Waals surface area contributed by atoms with E-state index in [4.69, 9.17) is 0 Å². The molecular formula is C29H38F2N2O2. The van der Waals surface area contributed by atoms with Gasteiger partial charge in [-0.1, -0.05) is 49.7 Å². The molecule has 2 aliphatic rings. The van der Waals surface area contributed by atoms with Crippen LogP contribution in [0.5, 0.6) is 0 Å². The molecule has 4 nitrogen and oxygen atoms in total. The molecule has 0 aromatic heterocycles. The van der Waals surface area contributed by atoms with Gasteiger partial charge in [0.25, 0.3) is 0 Å². The number of carbonyl (C=O) groups excluding carboxylic acids is 1. The summed E-state index contributed by atoms with van der Waals surface area (Å²) in [7, 11) is 0. The lowest BCUT2D eigenvalue weighted by molar-refractivity contribution is -0.152. The highest BCUT2D eigenvalue weighted by Crippen LogP contribution is 2.44. The van der Waals surface area contributed by atoms with Gasteiger partial charge in [-0.15, -0.1) is 0 Å². The lowest BCUT2D eigenvalue weighted by atomic mass is 9.70. The van der Waals surface area contributed by atoms with Crippen LogP contribution >= 0.6 is 0 Å². The van der Waals surface area contributed by atoms with Gasteiger partial charge in [0.2, 0.25) is 5.91 Å². The molecule has 2 aromatic rings. The van der Waals surface area contributed by atoms with Gasteiger partial charge in [-0.2, -0.15) is 0 Å². The normalized spacial score (nSPS) is 30.0. The molecule has 2 fully saturated rings. The Balaban J connectivity index is 1.61. The predicted molar refractivity (Wildman–Crippen MR) is 134 cm³/mol. The summed E-state index contributed by atoms with van der Waals surface area (Å²) < 4.78 is 28.4. The van der Waals surface area contributed by atoms with Gasteiger partial charge in [0.05, 0.1) is 11.5 Å². The van der Waals surface area contributed by atoms with Gasteiger partial charge in [-0.05, 0) is 44.9 Å². The molecule has 2 unspecified atom stereocenters. The van der Waals surface area contributed by atoms with Crippen molar-refractivity contribution in [2.24, 2.45) is 17.8 Å². The van der Waals surface area contributed by atoms with Gasteiger partial charge in [-0.3, -0.25) is 9.69 Å². The van der Waals surface area contributed by atoms with E-state index in [0.29, 0.717) is 31.7 Å². The molecule has 0 radical (unpaired) electrons. The van der Waals surface area contributed by atoms with Crippen LogP contribution in [-0.4, -0.2) is 52.5 Å². The first-order valence-corrected chi connectivity index (χ1v) is 12.6. The SMILES string of the molecule is Cc1ccc(C2(O)[C@H](C)CN(C(=O)C3CN(C(C)(C)C)C[C@H]3c3ccc(F)cc3F)C[C@@H]2C)cc1. The lowest BCUT2D eigenvalue weighted by Gasteiger charge is -2.48. The molecular weight excluding hydrogens is 446 g/mol. The number of rotatable bonds is 3. The Kier molecular flexibility index (Phi) is 6.84. The average Bonchev–Trinajstić information content (AvgIpc) is 3.23. The molecule has 2 aliphatic heterocycles. The van der Waals surface area contributed by atoms with Crippen LogP contribution in [-0.2, 0) is 10.4 Å². The van der Waals surface area contributed by atoms with Crippen LogP contribution < -0.4 is 0 Å². The largest absolute Gasteiger partial charge is 0.384 e. The van der Waals surface area contributed by atoms with Crippen molar-refractivity contribution < 1.29 is 18.7 Å². The number of carbonyl (C=O) groups is 1. The van der Waals surface area contributed by atoms with Crippen molar-refractivity contribution in [2.45, 2.75) is 58.6 Å². The van der Waals surface area contributed by atoms with E-state index in [1.165, 1.54) is 12.1 Å². The van der Waals surface area contributed by atoms with Crippen LogP contribution in [0.2, 0.25) is 0 Å². The summed E-state index contributed by atoms with van der Waals surface area (Å²) in [5.41, 5.74) is 1.19. The molecule has 1 N–H and O–H groups in total. The van der Waals surface area contributed by atoms with E-state index >= 15 is 0 Å². The van der Waals surface area contributed by atoms with Gasteiger partial charge >= 0.3 is 0 Å². The molecule has 0 bridgehead atoms. The van der Waals surface area contributed by atoms with Gasteiger partial charge in [-0.25, -0.2) is 8.78 Å². The summed E-state index contributed by atoms with van der Waals surface area (Å²) >= 11 is 0. The summed E-state index contributed by atoms with van der Waals surface area (Å²) in [5.74, 6) is -2.36. The Morgan fingerprint density at radius 1 is 0.971 bits per heavy atom. The summed E-state index contributed by atoms with van der Waals surface area (Å²) in [6, 6.07) is 11.6. The maximum absolute atomic E-state index is 14.8. The molecule has 2 heterocycles. The van der Waals surface area contributed by atoms with E-state index < -0.39 is 23.2 Å². The molecule has 2 saturated heterocycles. The minimum atomic E-state index is -1.03.